The van der Waals surface area contributed by atoms with E-state index in [4.69, 9.17) is 11.6 Å². The van der Waals surface area contributed by atoms with Crippen molar-refractivity contribution in [2.24, 2.45) is 0 Å². The van der Waals surface area contributed by atoms with E-state index in [9.17, 15) is 14.7 Å². The van der Waals surface area contributed by atoms with Gasteiger partial charge in [0, 0.05) is 23.5 Å². The van der Waals surface area contributed by atoms with Crippen molar-refractivity contribution in [3.05, 3.63) is 88.2 Å². The summed E-state index contributed by atoms with van der Waals surface area (Å²) >= 11 is 7.76. The molecule has 0 spiro atoms. The van der Waals surface area contributed by atoms with Crippen molar-refractivity contribution < 1.29 is 14.7 Å². The minimum Gasteiger partial charge on any atom is -0.480 e. The molecule has 1 aromatic heterocycles. The zero-order chi connectivity index (χ0) is 23.8. The largest absolute Gasteiger partial charge is 0.480 e. The number of nitrogens with one attached hydrogen (secondary N) is 1. The normalized spacial score (nSPS) is 12.0. The summed E-state index contributed by atoms with van der Waals surface area (Å²) in [7, 11) is 0. The molecule has 0 radical (unpaired) electrons. The number of nitrogens with zero attached hydrogens (tertiary/aromatic N) is 1. The van der Waals surface area contributed by atoms with Crippen LogP contribution in [0, 0.1) is 6.92 Å². The smallest absolute Gasteiger partial charge is 0.326 e. The van der Waals surface area contributed by atoms with E-state index in [-0.39, 0.29) is 0 Å². The maximum atomic E-state index is 13.1. The number of carboxylic acids is 1. The van der Waals surface area contributed by atoms with Crippen molar-refractivity contribution in [3.8, 4) is 11.1 Å². The molecule has 2 aromatic carbocycles. The molecule has 1 atom stereocenters. The third kappa shape index (κ3) is 6.46. The number of carbonyl (C=O) groups excluding carboxylic acids is 1. The average molecular weight is 481 g/mol. The van der Waals surface area contributed by atoms with Crippen LogP contribution in [0.15, 0.2) is 60.9 Å². The van der Waals surface area contributed by atoms with Gasteiger partial charge in [-0.3, -0.25) is 9.78 Å². The number of rotatable bonds is 9. The van der Waals surface area contributed by atoms with Crippen LogP contribution in [0.25, 0.3) is 23.3 Å². The van der Waals surface area contributed by atoms with E-state index < -0.39 is 17.9 Å². The molecular weight excluding hydrogens is 456 g/mol. The molecule has 0 aliphatic carbocycles. The van der Waals surface area contributed by atoms with Crippen LogP contribution in [-0.4, -0.2) is 40.0 Å². The number of benzene rings is 2. The lowest BCUT2D eigenvalue weighted by atomic mass is 9.93. The van der Waals surface area contributed by atoms with E-state index in [1.54, 1.807) is 36.3 Å². The summed E-state index contributed by atoms with van der Waals surface area (Å²) in [5, 5.41) is 12.8. The van der Waals surface area contributed by atoms with Gasteiger partial charge in [-0.05, 0) is 65.8 Å². The first-order valence-corrected chi connectivity index (χ1v) is 12.2. The Labute approximate surface area is 202 Å². The summed E-state index contributed by atoms with van der Waals surface area (Å²) in [6.45, 7) is 1.98. The summed E-state index contributed by atoms with van der Waals surface area (Å²) in [6, 6.07) is 14.1. The maximum absolute atomic E-state index is 13.1. The fourth-order valence-corrected chi connectivity index (χ4v) is 4.03. The summed E-state index contributed by atoms with van der Waals surface area (Å²) in [5.74, 6) is -0.807. The molecule has 0 fully saturated rings. The Hall–Kier alpha value is -3.09. The average Bonchev–Trinajstić information content (AvgIpc) is 2.81. The third-order valence-electron chi connectivity index (χ3n) is 5.19. The number of aryl methyl sites for hydroxylation is 1. The van der Waals surface area contributed by atoms with E-state index in [1.165, 1.54) is 0 Å². The Kier molecular flexibility index (Phi) is 8.69. The van der Waals surface area contributed by atoms with Crippen molar-refractivity contribution in [1.82, 2.24) is 10.3 Å². The molecule has 7 heteroatoms. The molecule has 1 heterocycles. The highest BCUT2D eigenvalue weighted by Crippen LogP contribution is 2.29. The van der Waals surface area contributed by atoms with Crippen LogP contribution in [-0.2, 0) is 4.79 Å². The first kappa shape index (κ1) is 24.6. The van der Waals surface area contributed by atoms with Crippen LogP contribution < -0.4 is 5.32 Å². The van der Waals surface area contributed by atoms with Gasteiger partial charge in [0.05, 0.1) is 5.02 Å². The molecule has 0 saturated carbocycles. The molecule has 3 aromatic rings. The van der Waals surface area contributed by atoms with E-state index in [0.717, 1.165) is 27.8 Å². The Morgan fingerprint density at radius 2 is 1.94 bits per heavy atom. The predicted octanol–water partition coefficient (Wildman–Crippen LogP) is 5.82. The Morgan fingerprint density at radius 3 is 2.64 bits per heavy atom. The number of amides is 1. The maximum Gasteiger partial charge on any atom is 0.326 e. The van der Waals surface area contributed by atoms with Crippen LogP contribution in [0.3, 0.4) is 0 Å². The number of hydrogen-bond acceptors (Lipinski definition) is 4. The molecule has 0 aliphatic heterocycles. The van der Waals surface area contributed by atoms with Gasteiger partial charge in [0.1, 0.15) is 6.04 Å². The standard InChI is InChI=1S/C26H25ClN2O3S/c1-17-5-3-4-6-20(17)22-15-18(7-9-19-16-28-13-11-23(19)27)8-10-21(22)25(30)29-24(26(31)32)12-14-33-2/h3-11,13,15-16,24H,12,14H2,1-2H3,(H,29,30)(H,31,32)/t24-/m0/s1. The molecule has 0 saturated heterocycles. The minimum absolute atomic E-state index is 0.356. The highest BCUT2D eigenvalue weighted by molar-refractivity contribution is 7.98. The predicted molar refractivity (Wildman–Crippen MR) is 137 cm³/mol. The van der Waals surface area contributed by atoms with E-state index in [0.29, 0.717) is 22.8 Å². The fourth-order valence-electron chi connectivity index (χ4n) is 3.39. The Bertz CT molecular complexity index is 1180. The molecule has 5 nitrogen and oxygen atoms in total. The number of hydrogen-bond donors (Lipinski definition) is 2. The molecule has 0 aliphatic rings. The molecule has 3 rings (SSSR count). The first-order valence-electron chi connectivity index (χ1n) is 10.4. The van der Waals surface area contributed by atoms with Gasteiger partial charge < -0.3 is 10.4 Å². The van der Waals surface area contributed by atoms with Crippen LogP contribution in [0.4, 0.5) is 0 Å². The lowest BCUT2D eigenvalue weighted by Gasteiger charge is -2.17. The van der Waals surface area contributed by atoms with Crippen LogP contribution in [0.5, 0.6) is 0 Å². The number of thioether (sulfide) groups is 1. The molecule has 1 amide bonds. The highest BCUT2D eigenvalue weighted by Gasteiger charge is 2.22. The minimum atomic E-state index is -1.04. The van der Waals surface area contributed by atoms with E-state index in [2.05, 4.69) is 10.3 Å². The Balaban J connectivity index is 1.99. The van der Waals surface area contributed by atoms with Gasteiger partial charge in [0.2, 0.25) is 0 Å². The van der Waals surface area contributed by atoms with Crippen molar-refractivity contribution in [2.45, 2.75) is 19.4 Å². The number of carboxylic acid groups (broad SMARTS) is 1. The SMILES string of the molecule is CSCC[C@H](NC(=O)c1ccc(C=Cc2cnccc2Cl)cc1-c1ccccc1C)C(=O)O. The number of halogens is 1. The number of carbonyl (C=O) groups is 2. The van der Waals surface area contributed by atoms with Crippen LogP contribution in [0.1, 0.15) is 33.5 Å². The third-order valence-corrected chi connectivity index (χ3v) is 6.18. The number of pyridine rings is 1. The summed E-state index contributed by atoms with van der Waals surface area (Å²) in [5.41, 5.74) is 4.75. The summed E-state index contributed by atoms with van der Waals surface area (Å²) in [6.07, 6.45) is 9.35. The van der Waals surface area contributed by atoms with Crippen LogP contribution in [0.2, 0.25) is 5.02 Å². The van der Waals surface area contributed by atoms with Crippen molar-refractivity contribution in [1.29, 1.82) is 0 Å². The quantitative estimate of drug-likeness (QED) is 0.403. The van der Waals surface area contributed by atoms with Gasteiger partial charge in [0.15, 0.2) is 0 Å². The molecule has 0 unspecified atom stereocenters. The molecule has 2 N–H and O–H groups in total. The van der Waals surface area contributed by atoms with E-state index in [1.807, 2.05) is 61.7 Å². The molecule has 0 bridgehead atoms. The Morgan fingerprint density at radius 1 is 1.15 bits per heavy atom. The van der Waals surface area contributed by atoms with Crippen molar-refractivity contribution in [2.75, 3.05) is 12.0 Å². The number of aromatic nitrogens is 1. The summed E-state index contributed by atoms with van der Waals surface area (Å²) < 4.78 is 0. The zero-order valence-electron chi connectivity index (χ0n) is 18.4. The second-order valence-corrected chi connectivity index (χ2v) is 8.89. The van der Waals surface area contributed by atoms with E-state index >= 15 is 0 Å². The monoisotopic (exact) mass is 480 g/mol. The van der Waals surface area contributed by atoms with Gasteiger partial charge in [0.25, 0.3) is 5.91 Å². The van der Waals surface area contributed by atoms with Gasteiger partial charge in [-0.25, -0.2) is 4.79 Å². The number of aliphatic carboxylic acids is 1. The second kappa shape index (κ2) is 11.7. The van der Waals surface area contributed by atoms with Gasteiger partial charge in [-0.1, -0.05) is 54.1 Å². The zero-order valence-corrected chi connectivity index (χ0v) is 20.0. The van der Waals surface area contributed by atoms with Crippen molar-refractivity contribution >= 4 is 47.4 Å². The topological polar surface area (TPSA) is 79.3 Å². The van der Waals surface area contributed by atoms with Crippen LogP contribution >= 0.6 is 23.4 Å². The molecular formula is C26H25ClN2O3S. The lowest BCUT2D eigenvalue weighted by Crippen LogP contribution is -2.41. The van der Waals surface area contributed by atoms with Gasteiger partial charge in [-0.15, -0.1) is 0 Å². The van der Waals surface area contributed by atoms with Gasteiger partial charge >= 0.3 is 5.97 Å². The highest BCUT2D eigenvalue weighted by atomic mass is 35.5. The lowest BCUT2D eigenvalue weighted by molar-refractivity contribution is -0.139. The summed E-state index contributed by atoms with van der Waals surface area (Å²) in [4.78, 5) is 28.9. The van der Waals surface area contributed by atoms with Crippen molar-refractivity contribution in [3.63, 3.8) is 0 Å². The first-order chi connectivity index (χ1) is 15.9. The molecule has 33 heavy (non-hydrogen) atoms. The molecule has 170 valence electrons. The van der Waals surface area contributed by atoms with Gasteiger partial charge in [-0.2, -0.15) is 11.8 Å². The fraction of sp³-hybridized carbons (Fsp3) is 0.192. The second-order valence-electron chi connectivity index (χ2n) is 7.50.